The Bertz CT molecular complexity index is 1270. The van der Waals surface area contributed by atoms with Crippen LogP contribution >= 0.6 is 0 Å². The predicted octanol–water partition coefficient (Wildman–Crippen LogP) is 4.78. The molecule has 5 atom stereocenters. The predicted molar refractivity (Wildman–Crippen MR) is 129 cm³/mol. The number of aromatic amines is 1. The molecule has 2 N–H and O–H groups in total. The first-order valence-corrected chi connectivity index (χ1v) is 12.3. The molecule has 2 aliphatic rings. The lowest BCUT2D eigenvalue weighted by Gasteiger charge is -2.50. The third-order valence-electron chi connectivity index (χ3n) is 7.72. The normalized spacial score (nSPS) is 28.4. The molecule has 7 nitrogen and oxygen atoms in total. The third-order valence-corrected chi connectivity index (χ3v) is 7.72. The summed E-state index contributed by atoms with van der Waals surface area (Å²) in [4.78, 5) is 24.4. The van der Waals surface area contributed by atoms with Gasteiger partial charge in [0.2, 0.25) is 0 Å². The number of carbonyl (C=O) groups excluding carboxylic acids is 1. The SMILES string of the molecule is CC1C=CC=CC1[C@]1(CO[C@H](C)c2cc(C(F)(F)F)cc(C(F)(F)F)c2)CC[C@@](C=O)(n2cn[nH]c2=O)CN1. The summed E-state index contributed by atoms with van der Waals surface area (Å²) < 4.78 is 87.5. The van der Waals surface area contributed by atoms with Gasteiger partial charge in [0.05, 0.1) is 23.8 Å². The molecule has 2 heterocycles. The number of allylic oxidation sites excluding steroid dienone is 3. The van der Waals surface area contributed by atoms with E-state index in [1.807, 2.05) is 31.2 Å². The number of nitrogens with one attached hydrogen (secondary N) is 2. The zero-order valence-electron chi connectivity index (χ0n) is 21.1. The van der Waals surface area contributed by atoms with Gasteiger partial charge in [-0.25, -0.2) is 9.89 Å². The zero-order chi connectivity index (χ0) is 28.6. The third kappa shape index (κ3) is 5.74. The topological polar surface area (TPSA) is 89.0 Å². The Labute approximate surface area is 219 Å². The van der Waals surface area contributed by atoms with Crippen molar-refractivity contribution in [3.05, 3.63) is 76.0 Å². The van der Waals surface area contributed by atoms with Gasteiger partial charge in [0.15, 0.2) is 0 Å². The summed E-state index contributed by atoms with van der Waals surface area (Å²) in [6.45, 7) is 3.33. The Kier molecular flexibility index (Phi) is 7.69. The van der Waals surface area contributed by atoms with Crippen LogP contribution in [0, 0.1) is 11.8 Å². The Balaban J connectivity index is 1.63. The molecule has 1 aliphatic heterocycles. The zero-order valence-corrected chi connectivity index (χ0v) is 21.1. The van der Waals surface area contributed by atoms with E-state index in [-0.39, 0.29) is 43.0 Å². The second-order valence-corrected chi connectivity index (χ2v) is 10.2. The fourth-order valence-electron chi connectivity index (χ4n) is 5.37. The monoisotopic (exact) mass is 558 g/mol. The number of ether oxygens (including phenoxy) is 1. The summed E-state index contributed by atoms with van der Waals surface area (Å²) in [6, 6.07) is 1.41. The number of hydrogen-bond donors (Lipinski definition) is 2. The molecule has 0 amide bonds. The highest BCUT2D eigenvalue weighted by Gasteiger charge is 2.49. The molecular weight excluding hydrogens is 530 g/mol. The minimum atomic E-state index is -4.97. The minimum Gasteiger partial charge on any atom is -0.372 e. The molecule has 0 radical (unpaired) electrons. The van der Waals surface area contributed by atoms with E-state index in [0.29, 0.717) is 24.8 Å². The van der Waals surface area contributed by atoms with Crippen molar-refractivity contribution in [2.45, 2.75) is 56.2 Å². The number of piperidine rings is 1. The van der Waals surface area contributed by atoms with Crippen molar-refractivity contribution < 1.29 is 35.9 Å². The molecule has 1 aromatic carbocycles. The van der Waals surface area contributed by atoms with Gasteiger partial charge in [-0.15, -0.1) is 0 Å². The second kappa shape index (κ2) is 10.4. The molecule has 212 valence electrons. The van der Waals surface area contributed by atoms with Gasteiger partial charge >= 0.3 is 18.0 Å². The molecular formula is C26H28F6N4O3. The van der Waals surface area contributed by atoms with E-state index in [9.17, 15) is 35.9 Å². The average molecular weight is 559 g/mol. The molecule has 39 heavy (non-hydrogen) atoms. The van der Waals surface area contributed by atoms with E-state index in [0.717, 1.165) is 0 Å². The van der Waals surface area contributed by atoms with Crippen LogP contribution in [0.1, 0.15) is 49.5 Å². The van der Waals surface area contributed by atoms with Gasteiger partial charge in [0.25, 0.3) is 0 Å². The number of nitrogens with zero attached hydrogens (tertiary/aromatic N) is 2. The molecule has 0 saturated carbocycles. The lowest BCUT2D eigenvalue weighted by Crippen LogP contribution is -2.65. The Hall–Kier alpha value is -3.19. The summed E-state index contributed by atoms with van der Waals surface area (Å²) in [6.07, 6.45) is -0.946. The van der Waals surface area contributed by atoms with E-state index < -0.39 is 46.4 Å². The van der Waals surface area contributed by atoms with Crippen molar-refractivity contribution in [3.63, 3.8) is 0 Å². The van der Waals surface area contributed by atoms with E-state index in [2.05, 4.69) is 15.5 Å². The first-order valence-electron chi connectivity index (χ1n) is 12.3. The summed E-state index contributed by atoms with van der Waals surface area (Å²) in [7, 11) is 0. The number of alkyl halides is 6. The van der Waals surface area contributed by atoms with Crippen molar-refractivity contribution in [2.75, 3.05) is 13.2 Å². The fourth-order valence-corrected chi connectivity index (χ4v) is 5.37. The number of H-pyrrole nitrogens is 1. The lowest BCUT2D eigenvalue weighted by atomic mass is 9.68. The van der Waals surface area contributed by atoms with Crippen LogP contribution in [0.15, 0.2) is 53.6 Å². The van der Waals surface area contributed by atoms with Gasteiger partial charge in [0.1, 0.15) is 18.2 Å². The highest BCUT2D eigenvalue weighted by Crippen LogP contribution is 2.42. The van der Waals surface area contributed by atoms with Gasteiger partial charge in [-0.05, 0) is 49.4 Å². The minimum absolute atomic E-state index is 0.00664. The quantitative estimate of drug-likeness (QED) is 0.377. The standard InChI is InChI=1S/C26H28F6N4O3/c1-16-5-3-4-6-21(16)24(8-7-23(13-37,12-33-24)36-15-34-35-22(36)38)14-39-17(2)18-9-19(25(27,28)29)11-20(10-18)26(30,31)32/h3-6,9-11,13,15-17,21,33H,7-8,12,14H2,1-2H3,(H,35,38)/t16?,17-,21?,23-,24-/m1/s1. The summed E-state index contributed by atoms with van der Waals surface area (Å²) in [5, 5.41) is 9.34. The molecule has 2 unspecified atom stereocenters. The molecule has 4 rings (SSSR count). The van der Waals surface area contributed by atoms with E-state index >= 15 is 0 Å². The van der Waals surface area contributed by atoms with Gasteiger partial charge in [-0.1, -0.05) is 31.2 Å². The number of benzene rings is 1. The van der Waals surface area contributed by atoms with E-state index in [1.165, 1.54) is 17.8 Å². The highest BCUT2D eigenvalue weighted by molar-refractivity contribution is 5.63. The van der Waals surface area contributed by atoms with Gasteiger partial charge in [0, 0.05) is 18.0 Å². The molecule has 0 spiro atoms. The van der Waals surface area contributed by atoms with Gasteiger partial charge < -0.3 is 14.8 Å². The molecule has 2 aromatic rings. The highest BCUT2D eigenvalue weighted by atomic mass is 19.4. The molecule has 1 aliphatic carbocycles. The van der Waals surface area contributed by atoms with E-state index in [1.54, 1.807) is 0 Å². The number of rotatable bonds is 7. The van der Waals surface area contributed by atoms with Crippen LogP contribution in [-0.4, -0.2) is 39.7 Å². The first kappa shape index (κ1) is 28.8. The van der Waals surface area contributed by atoms with Crippen LogP contribution in [0.4, 0.5) is 26.3 Å². The van der Waals surface area contributed by atoms with Crippen molar-refractivity contribution in [1.29, 1.82) is 0 Å². The maximum absolute atomic E-state index is 13.4. The van der Waals surface area contributed by atoms with Crippen LogP contribution < -0.4 is 11.0 Å². The number of hydrogen-bond acceptors (Lipinski definition) is 5. The van der Waals surface area contributed by atoms with Crippen LogP contribution in [0.3, 0.4) is 0 Å². The maximum atomic E-state index is 13.4. The largest absolute Gasteiger partial charge is 0.416 e. The number of halogens is 6. The van der Waals surface area contributed by atoms with Crippen molar-refractivity contribution in [3.8, 4) is 0 Å². The first-order chi connectivity index (χ1) is 18.2. The van der Waals surface area contributed by atoms with E-state index in [4.69, 9.17) is 4.74 Å². The molecule has 1 aromatic heterocycles. The smallest absolute Gasteiger partial charge is 0.372 e. The average Bonchev–Trinajstić information content (AvgIpc) is 3.33. The Morgan fingerprint density at radius 2 is 1.74 bits per heavy atom. The van der Waals surface area contributed by atoms with Crippen molar-refractivity contribution in [2.24, 2.45) is 11.8 Å². The van der Waals surface area contributed by atoms with Crippen LogP contribution in [0.2, 0.25) is 0 Å². The molecule has 1 fully saturated rings. The van der Waals surface area contributed by atoms with Crippen LogP contribution in [0.25, 0.3) is 0 Å². The number of carbonyl (C=O) groups is 1. The molecule has 13 heteroatoms. The second-order valence-electron chi connectivity index (χ2n) is 10.2. The Morgan fingerprint density at radius 1 is 1.10 bits per heavy atom. The molecule has 0 bridgehead atoms. The van der Waals surface area contributed by atoms with Crippen LogP contribution in [0.5, 0.6) is 0 Å². The van der Waals surface area contributed by atoms with Crippen molar-refractivity contribution in [1.82, 2.24) is 20.1 Å². The van der Waals surface area contributed by atoms with Crippen LogP contribution in [-0.2, 0) is 27.4 Å². The summed E-state index contributed by atoms with van der Waals surface area (Å²) in [5.41, 5.74) is -5.70. The fraction of sp³-hybridized carbons (Fsp3) is 0.500. The summed E-state index contributed by atoms with van der Waals surface area (Å²) >= 11 is 0. The Morgan fingerprint density at radius 3 is 2.23 bits per heavy atom. The molecule has 1 saturated heterocycles. The lowest BCUT2D eigenvalue weighted by molar-refractivity contribution is -0.143. The van der Waals surface area contributed by atoms with Gasteiger partial charge in [-0.2, -0.15) is 31.4 Å². The summed E-state index contributed by atoms with van der Waals surface area (Å²) in [5.74, 6) is -0.167. The number of aldehydes is 1. The van der Waals surface area contributed by atoms with Crippen molar-refractivity contribution >= 4 is 6.29 Å². The van der Waals surface area contributed by atoms with Gasteiger partial charge in [-0.3, -0.25) is 4.57 Å². The maximum Gasteiger partial charge on any atom is 0.416 e. The number of aromatic nitrogens is 3.